The number of nitrogens with zero attached hydrogens (tertiary/aromatic N) is 1. The SMILES string of the molecule is c1ccc(CNCCCOc2nc3ccccc3s2)cc1. The van der Waals surface area contributed by atoms with Crippen LogP contribution in [-0.2, 0) is 6.54 Å². The first-order valence-corrected chi connectivity index (χ1v) is 7.96. The molecule has 1 heterocycles. The van der Waals surface area contributed by atoms with Crippen molar-refractivity contribution in [2.45, 2.75) is 13.0 Å². The molecule has 108 valence electrons. The minimum atomic E-state index is 0.696. The highest BCUT2D eigenvalue weighted by atomic mass is 32.1. The summed E-state index contributed by atoms with van der Waals surface area (Å²) in [4.78, 5) is 4.45. The molecular formula is C17H18N2OS. The fraction of sp³-hybridized carbons (Fsp3) is 0.235. The fourth-order valence-corrected chi connectivity index (χ4v) is 2.94. The van der Waals surface area contributed by atoms with Crippen molar-refractivity contribution < 1.29 is 4.74 Å². The van der Waals surface area contributed by atoms with E-state index >= 15 is 0 Å². The van der Waals surface area contributed by atoms with Crippen LogP contribution in [0, 0.1) is 0 Å². The number of nitrogens with one attached hydrogen (secondary N) is 1. The van der Waals surface area contributed by atoms with Crippen molar-refractivity contribution in [1.82, 2.24) is 10.3 Å². The minimum Gasteiger partial charge on any atom is -0.470 e. The van der Waals surface area contributed by atoms with Gasteiger partial charge in [0, 0.05) is 6.54 Å². The summed E-state index contributed by atoms with van der Waals surface area (Å²) in [5.74, 6) is 0. The predicted octanol–water partition coefficient (Wildman–Crippen LogP) is 3.86. The van der Waals surface area contributed by atoms with Crippen LogP contribution in [0.5, 0.6) is 5.19 Å². The molecule has 3 nitrogen and oxygen atoms in total. The molecule has 1 aromatic heterocycles. The lowest BCUT2D eigenvalue weighted by Crippen LogP contribution is -2.16. The number of thiazole rings is 1. The zero-order valence-corrected chi connectivity index (χ0v) is 12.6. The Bertz CT molecular complexity index is 648. The Morgan fingerprint density at radius 3 is 2.67 bits per heavy atom. The molecule has 2 aromatic carbocycles. The predicted molar refractivity (Wildman–Crippen MR) is 87.9 cm³/mol. The molecule has 21 heavy (non-hydrogen) atoms. The van der Waals surface area contributed by atoms with Gasteiger partial charge in [0.15, 0.2) is 0 Å². The Morgan fingerprint density at radius 1 is 1.00 bits per heavy atom. The van der Waals surface area contributed by atoms with Gasteiger partial charge in [-0.15, -0.1) is 0 Å². The Labute approximate surface area is 128 Å². The molecule has 4 heteroatoms. The zero-order valence-electron chi connectivity index (χ0n) is 11.8. The van der Waals surface area contributed by atoms with Gasteiger partial charge in [0.1, 0.15) is 0 Å². The van der Waals surface area contributed by atoms with Crippen LogP contribution in [0.1, 0.15) is 12.0 Å². The summed E-state index contributed by atoms with van der Waals surface area (Å²) in [6.45, 7) is 2.55. The lowest BCUT2D eigenvalue weighted by molar-refractivity contribution is 0.307. The highest BCUT2D eigenvalue weighted by Gasteiger charge is 2.03. The number of hydrogen-bond donors (Lipinski definition) is 1. The second-order valence-electron chi connectivity index (χ2n) is 4.81. The van der Waals surface area contributed by atoms with E-state index in [-0.39, 0.29) is 0 Å². The average Bonchev–Trinajstić information content (AvgIpc) is 2.94. The van der Waals surface area contributed by atoms with E-state index < -0.39 is 0 Å². The summed E-state index contributed by atoms with van der Waals surface area (Å²) in [5.41, 5.74) is 2.32. The molecule has 3 aromatic rings. The van der Waals surface area contributed by atoms with Crippen molar-refractivity contribution in [3.8, 4) is 5.19 Å². The van der Waals surface area contributed by atoms with Crippen LogP contribution in [0.15, 0.2) is 54.6 Å². The van der Waals surface area contributed by atoms with Crippen LogP contribution < -0.4 is 10.1 Å². The number of ether oxygens (including phenoxy) is 1. The molecule has 0 atom stereocenters. The van der Waals surface area contributed by atoms with E-state index in [1.54, 1.807) is 11.3 Å². The topological polar surface area (TPSA) is 34.1 Å². The Hall–Kier alpha value is -1.91. The number of hydrogen-bond acceptors (Lipinski definition) is 4. The molecule has 1 N–H and O–H groups in total. The standard InChI is InChI=1S/C17H18N2OS/c1-2-7-14(8-3-1)13-18-11-6-12-20-17-19-15-9-4-5-10-16(15)21-17/h1-5,7-10,18H,6,11-13H2. The van der Waals surface area contributed by atoms with Crippen LogP contribution >= 0.6 is 11.3 Å². The first-order chi connectivity index (χ1) is 10.4. The molecule has 0 saturated carbocycles. The number of benzene rings is 2. The van der Waals surface area contributed by atoms with Gasteiger partial charge in [-0.1, -0.05) is 53.8 Å². The van der Waals surface area contributed by atoms with Gasteiger partial charge in [-0.2, -0.15) is 0 Å². The normalized spacial score (nSPS) is 10.9. The summed E-state index contributed by atoms with van der Waals surface area (Å²) < 4.78 is 6.89. The van der Waals surface area contributed by atoms with Gasteiger partial charge < -0.3 is 10.1 Å². The Kier molecular flexibility index (Phi) is 4.82. The maximum Gasteiger partial charge on any atom is 0.274 e. The van der Waals surface area contributed by atoms with E-state index in [1.165, 1.54) is 10.3 Å². The second kappa shape index (κ2) is 7.20. The molecule has 0 bridgehead atoms. The lowest BCUT2D eigenvalue weighted by Gasteiger charge is -2.05. The van der Waals surface area contributed by atoms with Crippen molar-refractivity contribution in [3.63, 3.8) is 0 Å². The molecule has 0 aliphatic carbocycles. The molecule has 0 radical (unpaired) electrons. The molecule has 0 amide bonds. The molecule has 0 saturated heterocycles. The lowest BCUT2D eigenvalue weighted by atomic mass is 10.2. The van der Waals surface area contributed by atoms with Gasteiger partial charge >= 0.3 is 0 Å². The van der Waals surface area contributed by atoms with Gasteiger partial charge in [-0.25, -0.2) is 4.98 Å². The largest absolute Gasteiger partial charge is 0.470 e. The summed E-state index contributed by atoms with van der Waals surface area (Å²) in [6.07, 6.45) is 0.975. The summed E-state index contributed by atoms with van der Waals surface area (Å²) >= 11 is 1.60. The van der Waals surface area contributed by atoms with Gasteiger partial charge in [0.25, 0.3) is 5.19 Å². The van der Waals surface area contributed by atoms with Crippen molar-refractivity contribution in [3.05, 3.63) is 60.2 Å². The molecular weight excluding hydrogens is 280 g/mol. The van der Waals surface area contributed by atoms with E-state index in [1.807, 2.05) is 24.3 Å². The van der Waals surface area contributed by atoms with Crippen molar-refractivity contribution in [1.29, 1.82) is 0 Å². The number of aromatic nitrogens is 1. The van der Waals surface area contributed by atoms with Gasteiger partial charge in [0.2, 0.25) is 0 Å². The number of para-hydroxylation sites is 1. The van der Waals surface area contributed by atoms with Crippen LogP contribution in [-0.4, -0.2) is 18.1 Å². The van der Waals surface area contributed by atoms with E-state index in [2.05, 4.69) is 40.6 Å². The first-order valence-electron chi connectivity index (χ1n) is 7.15. The molecule has 0 fully saturated rings. The molecule has 3 rings (SSSR count). The Balaban J connectivity index is 1.36. The summed E-state index contributed by atoms with van der Waals surface area (Å²) in [6, 6.07) is 18.5. The maximum absolute atomic E-state index is 5.71. The average molecular weight is 298 g/mol. The van der Waals surface area contributed by atoms with Crippen molar-refractivity contribution in [2.24, 2.45) is 0 Å². The van der Waals surface area contributed by atoms with Crippen molar-refractivity contribution >= 4 is 21.6 Å². The van der Waals surface area contributed by atoms with Crippen LogP contribution in [0.25, 0.3) is 10.2 Å². The summed E-state index contributed by atoms with van der Waals surface area (Å²) in [7, 11) is 0. The van der Waals surface area contributed by atoms with Gasteiger partial charge in [0.05, 0.1) is 16.8 Å². The smallest absolute Gasteiger partial charge is 0.274 e. The minimum absolute atomic E-state index is 0.696. The van der Waals surface area contributed by atoms with Gasteiger partial charge in [-0.05, 0) is 30.7 Å². The first kappa shape index (κ1) is 14.0. The van der Waals surface area contributed by atoms with E-state index in [9.17, 15) is 0 Å². The molecule has 0 spiro atoms. The van der Waals surface area contributed by atoms with Crippen LogP contribution in [0.2, 0.25) is 0 Å². The third-order valence-electron chi connectivity index (χ3n) is 3.17. The monoisotopic (exact) mass is 298 g/mol. The molecule has 0 unspecified atom stereocenters. The van der Waals surface area contributed by atoms with E-state index in [0.717, 1.165) is 30.2 Å². The molecule has 0 aliphatic heterocycles. The van der Waals surface area contributed by atoms with Crippen molar-refractivity contribution in [2.75, 3.05) is 13.2 Å². The highest BCUT2D eigenvalue weighted by molar-refractivity contribution is 7.20. The number of fused-ring (bicyclic) bond motifs is 1. The second-order valence-corrected chi connectivity index (χ2v) is 5.81. The van der Waals surface area contributed by atoms with E-state index in [4.69, 9.17) is 4.74 Å². The summed E-state index contributed by atoms with van der Waals surface area (Å²) in [5, 5.41) is 4.18. The van der Waals surface area contributed by atoms with Gasteiger partial charge in [-0.3, -0.25) is 0 Å². The van der Waals surface area contributed by atoms with E-state index in [0.29, 0.717) is 6.61 Å². The van der Waals surface area contributed by atoms with Crippen LogP contribution in [0.4, 0.5) is 0 Å². The third kappa shape index (κ3) is 4.03. The zero-order chi connectivity index (χ0) is 14.3. The highest BCUT2D eigenvalue weighted by Crippen LogP contribution is 2.27. The Morgan fingerprint density at radius 2 is 1.81 bits per heavy atom. The van der Waals surface area contributed by atoms with Crippen LogP contribution in [0.3, 0.4) is 0 Å². The number of rotatable bonds is 7. The third-order valence-corrected chi connectivity index (χ3v) is 4.12. The fourth-order valence-electron chi connectivity index (χ4n) is 2.10. The quantitative estimate of drug-likeness (QED) is 0.673. The molecule has 0 aliphatic rings. The maximum atomic E-state index is 5.71.